The topological polar surface area (TPSA) is 31.4 Å². The lowest BCUT2D eigenvalue weighted by molar-refractivity contribution is -0.212. The summed E-state index contributed by atoms with van der Waals surface area (Å²) in [4.78, 5) is 3.75. The van der Waals surface area contributed by atoms with Crippen molar-refractivity contribution in [2.24, 2.45) is 0 Å². The van der Waals surface area contributed by atoms with E-state index in [1.54, 1.807) is 12.1 Å². The second-order valence-corrected chi connectivity index (χ2v) is 2.78. The van der Waals surface area contributed by atoms with Crippen LogP contribution in [0, 0.1) is 0 Å². The summed E-state index contributed by atoms with van der Waals surface area (Å²) in [6, 6.07) is 4.64. The van der Waals surface area contributed by atoms with Crippen LogP contribution in [-0.2, 0) is 9.03 Å². The summed E-state index contributed by atoms with van der Waals surface area (Å²) in [5, 5.41) is 0. The Bertz CT molecular complexity index is 294. The number of nitrogens with zero attached hydrogens (tertiary/aromatic N) is 1. The van der Waals surface area contributed by atoms with E-state index in [2.05, 4.69) is 14.0 Å². The van der Waals surface area contributed by atoms with Gasteiger partial charge in [-0.3, -0.25) is 4.98 Å². The van der Waals surface area contributed by atoms with Gasteiger partial charge in [0.1, 0.15) is 6.61 Å². The normalized spacial score (nSPS) is 13.9. The molecule has 0 aromatic carbocycles. The number of hydrogen-bond donors (Lipinski definition) is 0. The van der Waals surface area contributed by atoms with E-state index >= 15 is 0 Å². The molecule has 1 heterocycles. The number of rotatable bonds is 4. The van der Waals surface area contributed by atoms with Gasteiger partial charge < -0.3 is 4.74 Å². The van der Waals surface area contributed by atoms with Crippen LogP contribution in [0.25, 0.3) is 0 Å². The van der Waals surface area contributed by atoms with Gasteiger partial charge in [-0.25, -0.2) is 4.29 Å². The van der Waals surface area contributed by atoms with E-state index in [1.165, 1.54) is 12.3 Å². The van der Waals surface area contributed by atoms with E-state index in [9.17, 15) is 13.2 Å². The zero-order valence-corrected chi connectivity index (χ0v) is 8.13. The van der Waals surface area contributed by atoms with Crippen molar-refractivity contribution in [3.63, 3.8) is 0 Å². The predicted molar refractivity (Wildman–Crippen MR) is 45.9 cm³/mol. The number of halogens is 4. The summed E-state index contributed by atoms with van der Waals surface area (Å²) < 4.78 is 44.1. The van der Waals surface area contributed by atoms with Gasteiger partial charge in [0.2, 0.25) is 6.29 Å². The third kappa shape index (κ3) is 4.46. The fraction of sp³-hybridized carbons (Fsp3) is 0.375. The molecule has 0 aliphatic rings. The van der Waals surface area contributed by atoms with Crippen LogP contribution in [0.5, 0.6) is 0 Å². The van der Waals surface area contributed by atoms with E-state index in [4.69, 9.17) is 11.9 Å². The lowest BCUT2D eigenvalue weighted by Crippen LogP contribution is -2.20. The average Bonchev–Trinajstić information content (AvgIpc) is 2.19. The summed E-state index contributed by atoms with van der Waals surface area (Å²) in [6.45, 7) is -1.44. The molecule has 1 rings (SSSR count). The Morgan fingerprint density at radius 3 is 2.60 bits per heavy atom. The molecule has 84 valence electrons. The van der Waals surface area contributed by atoms with E-state index < -0.39 is 19.1 Å². The predicted octanol–water partition coefficient (Wildman–Crippen LogP) is 2.83. The van der Waals surface area contributed by atoms with Gasteiger partial charge in [0.25, 0.3) is 0 Å². The molecule has 0 aliphatic heterocycles. The first-order valence-corrected chi connectivity index (χ1v) is 4.20. The van der Waals surface area contributed by atoms with Gasteiger partial charge in [-0.15, -0.1) is 0 Å². The summed E-state index contributed by atoms with van der Waals surface area (Å²) in [6.07, 6.45) is -4.35. The lowest BCUT2D eigenvalue weighted by atomic mass is 10.3. The Morgan fingerprint density at radius 1 is 1.40 bits per heavy atom. The van der Waals surface area contributed by atoms with Crippen molar-refractivity contribution < 1.29 is 22.2 Å². The van der Waals surface area contributed by atoms with Crippen LogP contribution in [0.4, 0.5) is 13.2 Å². The minimum Gasteiger partial charge on any atom is -0.336 e. The standard InChI is InChI=1S/C8H7ClF3NO2/c9-15-7(14-5-8(10,11)12)6-3-1-2-4-13-6/h1-4,7H,5H2. The molecule has 0 saturated heterocycles. The van der Waals surface area contributed by atoms with Gasteiger partial charge in [0.05, 0.1) is 17.6 Å². The molecule has 15 heavy (non-hydrogen) atoms. The summed E-state index contributed by atoms with van der Waals surface area (Å²) in [7, 11) is 0. The number of alkyl halides is 3. The molecule has 0 fully saturated rings. The van der Waals surface area contributed by atoms with E-state index in [0.29, 0.717) is 0 Å². The average molecular weight is 242 g/mol. The number of ether oxygens (including phenoxy) is 1. The highest BCUT2D eigenvalue weighted by Gasteiger charge is 2.30. The molecule has 7 heteroatoms. The highest BCUT2D eigenvalue weighted by atomic mass is 35.5. The third-order valence-electron chi connectivity index (χ3n) is 1.41. The first kappa shape index (κ1) is 12.2. The maximum atomic E-state index is 11.8. The van der Waals surface area contributed by atoms with Crippen LogP contribution in [0.2, 0.25) is 0 Å². The summed E-state index contributed by atoms with van der Waals surface area (Å²) in [5.74, 6) is 0. The van der Waals surface area contributed by atoms with Crippen molar-refractivity contribution in [3.8, 4) is 0 Å². The van der Waals surface area contributed by atoms with Crippen LogP contribution in [0.1, 0.15) is 12.0 Å². The molecule has 0 saturated carbocycles. The van der Waals surface area contributed by atoms with Crippen molar-refractivity contribution in [2.45, 2.75) is 12.5 Å². The van der Waals surface area contributed by atoms with Gasteiger partial charge in [0.15, 0.2) is 0 Å². The maximum absolute atomic E-state index is 11.8. The smallest absolute Gasteiger partial charge is 0.336 e. The van der Waals surface area contributed by atoms with Crippen LogP contribution in [-0.4, -0.2) is 17.8 Å². The Kier molecular flexibility index (Phi) is 4.31. The first-order valence-electron chi connectivity index (χ1n) is 3.89. The molecule has 0 bridgehead atoms. The van der Waals surface area contributed by atoms with Crippen LogP contribution < -0.4 is 0 Å². The van der Waals surface area contributed by atoms with Crippen LogP contribution in [0.3, 0.4) is 0 Å². The van der Waals surface area contributed by atoms with Gasteiger partial charge in [-0.2, -0.15) is 13.2 Å². The molecule has 1 atom stereocenters. The van der Waals surface area contributed by atoms with Crippen molar-refractivity contribution in [3.05, 3.63) is 30.1 Å². The van der Waals surface area contributed by atoms with Crippen molar-refractivity contribution >= 4 is 11.9 Å². The van der Waals surface area contributed by atoms with Crippen molar-refractivity contribution in [2.75, 3.05) is 6.61 Å². The molecule has 0 radical (unpaired) electrons. The monoisotopic (exact) mass is 241 g/mol. The molecule has 1 aromatic rings. The van der Waals surface area contributed by atoms with Crippen LogP contribution >= 0.6 is 11.9 Å². The zero-order chi connectivity index (χ0) is 11.3. The molecule has 1 unspecified atom stereocenters. The molecular weight excluding hydrogens is 235 g/mol. The Hall–Kier alpha value is -0.850. The second kappa shape index (κ2) is 5.29. The van der Waals surface area contributed by atoms with Crippen molar-refractivity contribution in [1.82, 2.24) is 4.98 Å². The Balaban J connectivity index is 2.58. The Labute approximate surface area is 88.9 Å². The SMILES string of the molecule is FC(F)(F)COC(OCl)c1ccccn1. The molecule has 3 nitrogen and oxygen atoms in total. The lowest BCUT2D eigenvalue weighted by Gasteiger charge is -2.14. The first-order chi connectivity index (χ1) is 7.03. The molecular formula is C8H7ClF3NO2. The summed E-state index contributed by atoms with van der Waals surface area (Å²) in [5.41, 5.74) is 0.178. The van der Waals surface area contributed by atoms with Gasteiger partial charge in [-0.1, -0.05) is 6.07 Å². The molecule has 1 aromatic heterocycles. The van der Waals surface area contributed by atoms with Crippen LogP contribution in [0.15, 0.2) is 24.4 Å². The number of pyridine rings is 1. The minimum atomic E-state index is -4.43. The quantitative estimate of drug-likeness (QED) is 0.760. The molecule has 0 spiro atoms. The van der Waals surface area contributed by atoms with Gasteiger partial charge in [0, 0.05) is 6.20 Å². The second-order valence-electron chi connectivity index (χ2n) is 2.60. The minimum absolute atomic E-state index is 0.178. The highest BCUT2D eigenvalue weighted by molar-refractivity contribution is 6.07. The largest absolute Gasteiger partial charge is 0.411 e. The fourth-order valence-electron chi connectivity index (χ4n) is 0.842. The molecule has 0 N–H and O–H groups in total. The maximum Gasteiger partial charge on any atom is 0.411 e. The van der Waals surface area contributed by atoms with E-state index in [-0.39, 0.29) is 5.69 Å². The Morgan fingerprint density at radius 2 is 2.13 bits per heavy atom. The van der Waals surface area contributed by atoms with E-state index in [1.807, 2.05) is 0 Å². The number of aromatic nitrogens is 1. The zero-order valence-electron chi connectivity index (χ0n) is 7.37. The highest BCUT2D eigenvalue weighted by Crippen LogP contribution is 2.22. The molecule has 0 amide bonds. The molecule has 0 aliphatic carbocycles. The van der Waals surface area contributed by atoms with Gasteiger partial charge in [-0.05, 0) is 12.1 Å². The van der Waals surface area contributed by atoms with E-state index in [0.717, 1.165) is 0 Å². The van der Waals surface area contributed by atoms with Gasteiger partial charge >= 0.3 is 6.18 Å². The number of hydrogen-bond acceptors (Lipinski definition) is 3. The third-order valence-corrected chi connectivity index (χ3v) is 1.57. The van der Waals surface area contributed by atoms with Crippen molar-refractivity contribution in [1.29, 1.82) is 0 Å². The fourth-order valence-corrected chi connectivity index (χ4v) is 0.985. The summed E-state index contributed by atoms with van der Waals surface area (Å²) >= 11 is 5.00.